The van der Waals surface area contributed by atoms with Crippen LogP contribution in [-0.2, 0) is 6.54 Å². The van der Waals surface area contributed by atoms with Gasteiger partial charge in [0.1, 0.15) is 5.84 Å². The minimum Gasteiger partial charge on any atom is -0.386 e. The molecule has 0 aliphatic heterocycles. The maximum atomic E-state index is 5.83. The Morgan fingerprint density at radius 3 is 2.86 bits per heavy atom. The SMILES string of the molecule is Cc1ncn(CC(N)=NC2CC2)c1C. The molecule has 1 aliphatic rings. The van der Waals surface area contributed by atoms with Crippen LogP contribution in [0.15, 0.2) is 11.3 Å². The van der Waals surface area contributed by atoms with Crippen molar-refractivity contribution < 1.29 is 0 Å². The van der Waals surface area contributed by atoms with Gasteiger partial charge in [-0.3, -0.25) is 4.99 Å². The van der Waals surface area contributed by atoms with Crippen LogP contribution in [0.3, 0.4) is 0 Å². The fourth-order valence-electron chi connectivity index (χ4n) is 1.36. The van der Waals surface area contributed by atoms with Crippen LogP contribution in [0.25, 0.3) is 0 Å². The Kier molecular flexibility index (Phi) is 2.27. The van der Waals surface area contributed by atoms with Gasteiger partial charge in [-0.05, 0) is 26.7 Å². The minimum absolute atomic E-state index is 0.500. The van der Waals surface area contributed by atoms with Crippen LogP contribution in [0.1, 0.15) is 24.2 Å². The highest BCUT2D eigenvalue weighted by Crippen LogP contribution is 2.23. The Hall–Kier alpha value is -1.32. The van der Waals surface area contributed by atoms with Crippen molar-refractivity contribution in [1.29, 1.82) is 0 Å². The number of nitrogens with zero attached hydrogens (tertiary/aromatic N) is 3. The van der Waals surface area contributed by atoms with Crippen molar-refractivity contribution in [3.05, 3.63) is 17.7 Å². The van der Waals surface area contributed by atoms with Crippen molar-refractivity contribution in [3.63, 3.8) is 0 Å². The van der Waals surface area contributed by atoms with Gasteiger partial charge >= 0.3 is 0 Å². The summed E-state index contributed by atoms with van der Waals surface area (Å²) in [6.07, 6.45) is 4.21. The van der Waals surface area contributed by atoms with E-state index in [1.807, 2.05) is 24.7 Å². The van der Waals surface area contributed by atoms with Crippen molar-refractivity contribution in [2.24, 2.45) is 10.7 Å². The lowest BCUT2D eigenvalue weighted by Crippen LogP contribution is -2.20. The molecule has 0 spiro atoms. The van der Waals surface area contributed by atoms with E-state index in [2.05, 4.69) is 9.98 Å². The molecule has 1 aromatic heterocycles. The average Bonchev–Trinajstić information content (AvgIpc) is 2.89. The van der Waals surface area contributed by atoms with E-state index in [1.165, 1.54) is 18.5 Å². The summed E-state index contributed by atoms with van der Waals surface area (Å²) in [7, 11) is 0. The van der Waals surface area contributed by atoms with E-state index >= 15 is 0 Å². The molecule has 4 heteroatoms. The molecular weight excluding hydrogens is 176 g/mol. The molecule has 0 aromatic carbocycles. The first-order chi connectivity index (χ1) is 6.66. The van der Waals surface area contributed by atoms with Gasteiger partial charge < -0.3 is 10.3 Å². The van der Waals surface area contributed by atoms with Crippen molar-refractivity contribution in [2.45, 2.75) is 39.3 Å². The maximum Gasteiger partial charge on any atom is 0.114 e. The van der Waals surface area contributed by atoms with E-state index in [0.29, 0.717) is 18.4 Å². The lowest BCUT2D eigenvalue weighted by Gasteiger charge is -2.04. The number of aliphatic imine (C=N–C) groups is 1. The lowest BCUT2D eigenvalue weighted by molar-refractivity contribution is 0.803. The summed E-state index contributed by atoms with van der Waals surface area (Å²) in [6, 6.07) is 0.500. The number of amidine groups is 1. The number of rotatable bonds is 3. The first kappa shape index (κ1) is 9.24. The predicted octanol–water partition coefficient (Wildman–Crippen LogP) is 1.02. The molecule has 2 N–H and O–H groups in total. The van der Waals surface area contributed by atoms with E-state index in [4.69, 9.17) is 5.73 Å². The molecule has 0 radical (unpaired) electrons. The first-order valence-electron chi connectivity index (χ1n) is 4.97. The van der Waals surface area contributed by atoms with Crippen LogP contribution in [0.4, 0.5) is 0 Å². The van der Waals surface area contributed by atoms with E-state index < -0.39 is 0 Å². The second-order valence-electron chi connectivity index (χ2n) is 3.89. The van der Waals surface area contributed by atoms with E-state index in [-0.39, 0.29) is 0 Å². The predicted molar refractivity (Wildman–Crippen MR) is 56.3 cm³/mol. The molecule has 2 rings (SSSR count). The molecule has 14 heavy (non-hydrogen) atoms. The summed E-state index contributed by atoms with van der Waals surface area (Å²) in [5.74, 6) is 0.716. The van der Waals surface area contributed by atoms with Crippen LogP contribution in [0.2, 0.25) is 0 Å². The third-order valence-corrected chi connectivity index (χ3v) is 2.57. The van der Waals surface area contributed by atoms with Crippen molar-refractivity contribution in [2.75, 3.05) is 0 Å². The molecule has 0 saturated heterocycles. The van der Waals surface area contributed by atoms with Crippen LogP contribution < -0.4 is 5.73 Å². The van der Waals surface area contributed by atoms with E-state index in [9.17, 15) is 0 Å². The second-order valence-corrected chi connectivity index (χ2v) is 3.89. The summed E-state index contributed by atoms with van der Waals surface area (Å²) in [5.41, 5.74) is 8.05. The number of hydrogen-bond donors (Lipinski definition) is 1. The molecule has 0 amide bonds. The molecule has 0 atom stereocenters. The summed E-state index contributed by atoms with van der Waals surface area (Å²) < 4.78 is 2.04. The molecule has 1 fully saturated rings. The summed E-state index contributed by atoms with van der Waals surface area (Å²) in [5, 5.41) is 0. The van der Waals surface area contributed by atoms with Gasteiger partial charge in [-0.2, -0.15) is 0 Å². The third-order valence-electron chi connectivity index (χ3n) is 2.57. The zero-order valence-corrected chi connectivity index (χ0v) is 8.70. The molecule has 1 aromatic rings. The molecular formula is C10H16N4. The van der Waals surface area contributed by atoms with Crippen LogP contribution >= 0.6 is 0 Å². The van der Waals surface area contributed by atoms with Gasteiger partial charge in [-0.25, -0.2) is 4.98 Å². The second kappa shape index (κ2) is 3.44. The Bertz CT molecular complexity index is 360. The van der Waals surface area contributed by atoms with E-state index in [1.54, 1.807) is 0 Å². The number of aryl methyl sites for hydroxylation is 1. The highest BCUT2D eigenvalue weighted by molar-refractivity contribution is 5.80. The maximum absolute atomic E-state index is 5.83. The minimum atomic E-state index is 0.500. The Morgan fingerprint density at radius 2 is 2.36 bits per heavy atom. The van der Waals surface area contributed by atoms with Crippen molar-refractivity contribution in [3.8, 4) is 0 Å². The summed E-state index contributed by atoms with van der Waals surface area (Å²) >= 11 is 0. The molecule has 1 saturated carbocycles. The standard InChI is InChI=1S/C10H16N4/c1-7-8(2)14(6-12-7)5-10(11)13-9-3-4-9/h6,9H,3-5H2,1-2H3,(H2,11,13). The largest absolute Gasteiger partial charge is 0.386 e. The number of imidazole rings is 1. The normalized spacial score (nSPS) is 17.4. The Balaban J connectivity index is 2.06. The first-order valence-corrected chi connectivity index (χ1v) is 4.97. The summed E-state index contributed by atoms with van der Waals surface area (Å²) in [6.45, 7) is 4.72. The topological polar surface area (TPSA) is 56.2 Å². The monoisotopic (exact) mass is 192 g/mol. The van der Waals surface area contributed by atoms with Gasteiger partial charge in [-0.15, -0.1) is 0 Å². The van der Waals surface area contributed by atoms with Crippen LogP contribution in [-0.4, -0.2) is 21.4 Å². The van der Waals surface area contributed by atoms with Crippen LogP contribution in [0, 0.1) is 13.8 Å². The Labute approximate surface area is 83.9 Å². The average molecular weight is 192 g/mol. The number of nitrogens with two attached hydrogens (primary N) is 1. The molecule has 76 valence electrons. The zero-order chi connectivity index (χ0) is 10.1. The summed E-state index contributed by atoms with van der Waals surface area (Å²) in [4.78, 5) is 8.60. The Morgan fingerprint density at radius 1 is 1.64 bits per heavy atom. The zero-order valence-electron chi connectivity index (χ0n) is 8.70. The lowest BCUT2D eigenvalue weighted by atomic mass is 10.4. The van der Waals surface area contributed by atoms with Gasteiger partial charge in [0, 0.05) is 5.69 Å². The van der Waals surface area contributed by atoms with Crippen molar-refractivity contribution in [1.82, 2.24) is 9.55 Å². The van der Waals surface area contributed by atoms with Gasteiger partial charge in [0.05, 0.1) is 24.6 Å². The number of aromatic nitrogens is 2. The fraction of sp³-hybridized carbons (Fsp3) is 0.600. The van der Waals surface area contributed by atoms with Gasteiger partial charge in [0.15, 0.2) is 0 Å². The van der Waals surface area contributed by atoms with Gasteiger partial charge in [-0.1, -0.05) is 0 Å². The smallest absolute Gasteiger partial charge is 0.114 e. The molecule has 0 unspecified atom stereocenters. The fourth-order valence-corrected chi connectivity index (χ4v) is 1.36. The molecule has 4 nitrogen and oxygen atoms in total. The van der Waals surface area contributed by atoms with Crippen molar-refractivity contribution >= 4 is 5.84 Å². The highest BCUT2D eigenvalue weighted by atomic mass is 15.1. The van der Waals surface area contributed by atoms with Gasteiger partial charge in [0.2, 0.25) is 0 Å². The highest BCUT2D eigenvalue weighted by Gasteiger charge is 2.20. The van der Waals surface area contributed by atoms with Gasteiger partial charge in [0.25, 0.3) is 0 Å². The molecule has 1 aliphatic carbocycles. The van der Waals surface area contributed by atoms with E-state index in [0.717, 1.165) is 5.69 Å². The quantitative estimate of drug-likeness (QED) is 0.574. The molecule has 1 heterocycles. The third kappa shape index (κ3) is 1.95. The molecule has 0 bridgehead atoms. The number of hydrogen-bond acceptors (Lipinski definition) is 2. The van der Waals surface area contributed by atoms with Crippen LogP contribution in [0.5, 0.6) is 0 Å².